The quantitative estimate of drug-likeness (QED) is 0.872. The van der Waals surface area contributed by atoms with Crippen molar-refractivity contribution < 1.29 is 0 Å². The average Bonchev–Trinajstić information content (AvgIpc) is 2.53. The minimum atomic E-state index is 0.528. The fraction of sp³-hybridized carbons (Fsp3) is 0.647. The number of benzene rings is 1. The van der Waals surface area contributed by atoms with Crippen LogP contribution < -0.4 is 5.73 Å². The van der Waals surface area contributed by atoms with E-state index in [1.54, 1.807) is 0 Å². The molecule has 3 atom stereocenters. The Kier molecular flexibility index (Phi) is 6.40. The van der Waals surface area contributed by atoms with Gasteiger partial charge in [0.15, 0.2) is 0 Å². The van der Waals surface area contributed by atoms with Gasteiger partial charge < -0.3 is 5.73 Å². The van der Waals surface area contributed by atoms with Crippen LogP contribution in [0, 0.1) is 0 Å². The largest absolute Gasteiger partial charge is 0.329 e. The van der Waals surface area contributed by atoms with Gasteiger partial charge in [0, 0.05) is 36.7 Å². The van der Waals surface area contributed by atoms with Gasteiger partial charge in [0.25, 0.3) is 0 Å². The minimum absolute atomic E-state index is 0.528. The zero-order valence-electron chi connectivity index (χ0n) is 12.8. The van der Waals surface area contributed by atoms with Gasteiger partial charge in [-0.25, -0.2) is 0 Å². The SMILES string of the molecule is CCC1CN(C(CN)CC(C)c2ccccc2)CCS1. The molecule has 1 fully saturated rings. The molecule has 2 nitrogen and oxygen atoms in total. The molecule has 20 heavy (non-hydrogen) atoms. The molecule has 1 aromatic rings. The molecule has 1 aliphatic rings. The molecule has 0 aliphatic carbocycles. The van der Waals surface area contributed by atoms with Crippen LogP contribution in [0.1, 0.15) is 38.2 Å². The van der Waals surface area contributed by atoms with Crippen molar-refractivity contribution in [1.29, 1.82) is 0 Å². The van der Waals surface area contributed by atoms with Crippen molar-refractivity contribution in [3.8, 4) is 0 Å². The Morgan fingerprint density at radius 2 is 2.10 bits per heavy atom. The van der Waals surface area contributed by atoms with Crippen molar-refractivity contribution in [3.05, 3.63) is 35.9 Å². The van der Waals surface area contributed by atoms with Crippen LogP contribution in [0.15, 0.2) is 30.3 Å². The number of nitrogens with two attached hydrogens (primary N) is 1. The maximum absolute atomic E-state index is 6.07. The predicted octanol–water partition coefficient (Wildman–Crippen LogP) is 3.33. The molecular weight excluding hydrogens is 264 g/mol. The van der Waals surface area contributed by atoms with Gasteiger partial charge in [0.1, 0.15) is 0 Å². The summed E-state index contributed by atoms with van der Waals surface area (Å²) in [5.41, 5.74) is 7.50. The highest BCUT2D eigenvalue weighted by molar-refractivity contribution is 8.00. The van der Waals surface area contributed by atoms with Crippen LogP contribution in [0.25, 0.3) is 0 Å². The first-order chi connectivity index (χ1) is 9.74. The van der Waals surface area contributed by atoms with Crippen LogP contribution in [0.3, 0.4) is 0 Å². The Bertz CT molecular complexity index is 382. The third-order valence-electron chi connectivity index (χ3n) is 4.41. The fourth-order valence-corrected chi connectivity index (χ4v) is 4.25. The molecule has 2 rings (SSSR count). The summed E-state index contributed by atoms with van der Waals surface area (Å²) in [6.45, 7) is 7.81. The number of nitrogens with zero attached hydrogens (tertiary/aromatic N) is 1. The Hall–Kier alpha value is -0.510. The maximum Gasteiger partial charge on any atom is 0.0224 e. The topological polar surface area (TPSA) is 29.3 Å². The van der Waals surface area contributed by atoms with Crippen LogP contribution in [-0.2, 0) is 0 Å². The Morgan fingerprint density at radius 1 is 1.35 bits per heavy atom. The third-order valence-corrected chi connectivity index (χ3v) is 5.78. The Morgan fingerprint density at radius 3 is 2.75 bits per heavy atom. The molecule has 0 spiro atoms. The average molecular weight is 292 g/mol. The lowest BCUT2D eigenvalue weighted by Gasteiger charge is -2.38. The molecule has 1 heterocycles. The zero-order chi connectivity index (χ0) is 14.4. The maximum atomic E-state index is 6.07. The number of hydrogen-bond acceptors (Lipinski definition) is 3. The van der Waals surface area contributed by atoms with E-state index in [9.17, 15) is 0 Å². The summed E-state index contributed by atoms with van der Waals surface area (Å²) >= 11 is 2.13. The molecule has 0 amide bonds. The molecule has 0 bridgehead atoms. The lowest BCUT2D eigenvalue weighted by atomic mass is 9.93. The summed E-state index contributed by atoms with van der Waals surface area (Å²) in [7, 11) is 0. The highest BCUT2D eigenvalue weighted by atomic mass is 32.2. The van der Waals surface area contributed by atoms with Crippen LogP contribution in [0.5, 0.6) is 0 Å². The highest BCUT2D eigenvalue weighted by Gasteiger charge is 2.26. The zero-order valence-corrected chi connectivity index (χ0v) is 13.6. The second-order valence-corrected chi connectivity index (χ2v) is 7.24. The molecule has 1 aliphatic heterocycles. The summed E-state index contributed by atoms with van der Waals surface area (Å²) in [4.78, 5) is 2.63. The number of hydrogen-bond donors (Lipinski definition) is 1. The molecule has 1 aromatic carbocycles. The van der Waals surface area contributed by atoms with Crippen molar-refractivity contribution in [2.45, 2.75) is 43.9 Å². The van der Waals surface area contributed by atoms with E-state index >= 15 is 0 Å². The Labute approximate surface area is 128 Å². The first-order valence-electron chi connectivity index (χ1n) is 7.85. The van der Waals surface area contributed by atoms with Crippen molar-refractivity contribution >= 4 is 11.8 Å². The normalized spacial score (nSPS) is 23.4. The van der Waals surface area contributed by atoms with Gasteiger partial charge in [-0.15, -0.1) is 0 Å². The Balaban J connectivity index is 1.94. The van der Waals surface area contributed by atoms with Crippen molar-refractivity contribution in [2.75, 3.05) is 25.4 Å². The molecule has 1 saturated heterocycles. The molecule has 3 unspecified atom stereocenters. The smallest absolute Gasteiger partial charge is 0.0224 e. The monoisotopic (exact) mass is 292 g/mol. The van der Waals surface area contributed by atoms with E-state index in [0.29, 0.717) is 12.0 Å². The lowest BCUT2D eigenvalue weighted by molar-refractivity contribution is 0.190. The number of rotatable bonds is 6. The van der Waals surface area contributed by atoms with Gasteiger partial charge in [0.05, 0.1) is 0 Å². The van der Waals surface area contributed by atoms with Crippen molar-refractivity contribution in [1.82, 2.24) is 4.90 Å². The molecule has 0 saturated carbocycles. The molecule has 112 valence electrons. The molecular formula is C17H28N2S. The summed E-state index contributed by atoms with van der Waals surface area (Å²) in [6.07, 6.45) is 2.44. The molecule has 0 radical (unpaired) electrons. The van der Waals surface area contributed by atoms with Crippen LogP contribution >= 0.6 is 11.8 Å². The first-order valence-corrected chi connectivity index (χ1v) is 8.90. The second-order valence-electron chi connectivity index (χ2n) is 5.83. The first kappa shape index (κ1) is 15.9. The standard InChI is InChI=1S/C17H28N2S/c1-3-17-13-19(9-10-20-17)16(12-18)11-14(2)15-7-5-4-6-8-15/h4-8,14,16-17H,3,9-13,18H2,1-2H3. The van der Waals surface area contributed by atoms with Crippen molar-refractivity contribution in [3.63, 3.8) is 0 Å². The van der Waals surface area contributed by atoms with Crippen LogP contribution in [-0.4, -0.2) is 41.6 Å². The van der Waals surface area contributed by atoms with Gasteiger partial charge in [-0.05, 0) is 24.3 Å². The number of thioether (sulfide) groups is 1. The van der Waals surface area contributed by atoms with E-state index in [2.05, 4.69) is 60.8 Å². The summed E-state index contributed by atoms with van der Waals surface area (Å²) in [5, 5.41) is 0.796. The molecule has 3 heteroatoms. The lowest BCUT2D eigenvalue weighted by Crippen LogP contribution is -2.48. The second kappa shape index (κ2) is 8.06. The highest BCUT2D eigenvalue weighted by Crippen LogP contribution is 2.27. The molecule has 2 N–H and O–H groups in total. The van der Waals surface area contributed by atoms with E-state index in [0.717, 1.165) is 11.8 Å². The third kappa shape index (κ3) is 4.24. The van der Waals surface area contributed by atoms with E-state index in [1.807, 2.05) is 0 Å². The van der Waals surface area contributed by atoms with E-state index in [1.165, 1.54) is 37.2 Å². The van der Waals surface area contributed by atoms with Gasteiger partial charge >= 0.3 is 0 Å². The molecule has 0 aromatic heterocycles. The van der Waals surface area contributed by atoms with E-state index < -0.39 is 0 Å². The summed E-state index contributed by atoms with van der Waals surface area (Å²) in [5.74, 6) is 1.84. The van der Waals surface area contributed by atoms with Gasteiger partial charge in [-0.2, -0.15) is 11.8 Å². The van der Waals surface area contributed by atoms with E-state index in [-0.39, 0.29) is 0 Å². The minimum Gasteiger partial charge on any atom is -0.329 e. The predicted molar refractivity (Wildman–Crippen MR) is 90.4 cm³/mol. The van der Waals surface area contributed by atoms with Crippen LogP contribution in [0.2, 0.25) is 0 Å². The van der Waals surface area contributed by atoms with Crippen LogP contribution in [0.4, 0.5) is 0 Å². The fourth-order valence-electron chi connectivity index (χ4n) is 3.04. The summed E-state index contributed by atoms with van der Waals surface area (Å²) in [6, 6.07) is 11.4. The van der Waals surface area contributed by atoms with E-state index in [4.69, 9.17) is 5.73 Å². The van der Waals surface area contributed by atoms with Gasteiger partial charge in [0.2, 0.25) is 0 Å². The van der Waals surface area contributed by atoms with Gasteiger partial charge in [-0.1, -0.05) is 44.2 Å². The van der Waals surface area contributed by atoms with Crippen molar-refractivity contribution in [2.24, 2.45) is 5.73 Å². The van der Waals surface area contributed by atoms with Gasteiger partial charge in [-0.3, -0.25) is 4.90 Å². The summed E-state index contributed by atoms with van der Waals surface area (Å²) < 4.78 is 0.